The van der Waals surface area contributed by atoms with E-state index in [4.69, 9.17) is 20.8 Å². The number of hydrogen-bond donors (Lipinski definition) is 0. The molecule has 7 nitrogen and oxygen atoms in total. The maximum atomic E-state index is 5.95. The van der Waals surface area contributed by atoms with Crippen LogP contribution in [0, 0.1) is 5.92 Å². The molecule has 4 aromatic rings. The van der Waals surface area contributed by atoms with Crippen LogP contribution >= 0.6 is 23.4 Å². The molecule has 0 atom stereocenters. The van der Waals surface area contributed by atoms with Crippen molar-refractivity contribution < 1.29 is 9.15 Å². The van der Waals surface area contributed by atoms with Gasteiger partial charge in [-0.25, -0.2) is 0 Å². The van der Waals surface area contributed by atoms with Crippen molar-refractivity contribution in [3.63, 3.8) is 0 Å². The van der Waals surface area contributed by atoms with Crippen molar-refractivity contribution in [1.82, 2.24) is 25.0 Å². The molecule has 0 saturated carbocycles. The Morgan fingerprint density at radius 2 is 1.78 bits per heavy atom. The molecule has 0 amide bonds. The fourth-order valence-corrected chi connectivity index (χ4v) is 3.90. The highest BCUT2D eigenvalue weighted by molar-refractivity contribution is 7.98. The van der Waals surface area contributed by atoms with E-state index in [0.717, 1.165) is 35.3 Å². The Morgan fingerprint density at radius 3 is 2.53 bits per heavy atom. The summed E-state index contributed by atoms with van der Waals surface area (Å²) in [6.45, 7) is 5.58. The first-order valence-electron chi connectivity index (χ1n) is 10.4. The third-order valence-electron chi connectivity index (χ3n) is 4.72. The molecule has 0 aliphatic carbocycles. The second kappa shape index (κ2) is 10.7. The summed E-state index contributed by atoms with van der Waals surface area (Å²) in [5.74, 6) is 3.66. The molecule has 0 aliphatic heterocycles. The highest BCUT2D eigenvalue weighted by Crippen LogP contribution is 2.26. The molecule has 0 saturated heterocycles. The summed E-state index contributed by atoms with van der Waals surface area (Å²) in [4.78, 5) is 0. The SMILES string of the molecule is CC(C)CCn1c(COc2ccccc2)nnc1SCc1nnc(-c2ccc(Cl)cc2)o1. The number of thioether (sulfide) groups is 1. The van der Waals surface area contributed by atoms with Crippen LogP contribution in [0.5, 0.6) is 5.75 Å². The molecule has 0 spiro atoms. The summed E-state index contributed by atoms with van der Waals surface area (Å²) in [5.41, 5.74) is 0.832. The Labute approximate surface area is 196 Å². The predicted molar refractivity (Wildman–Crippen MR) is 125 cm³/mol. The molecule has 0 radical (unpaired) electrons. The zero-order valence-electron chi connectivity index (χ0n) is 17.9. The molecule has 0 bridgehead atoms. The summed E-state index contributed by atoms with van der Waals surface area (Å²) in [6.07, 6.45) is 1.02. The van der Waals surface area contributed by atoms with Crippen LogP contribution < -0.4 is 4.74 Å². The highest BCUT2D eigenvalue weighted by atomic mass is 35.5. The zero-order chi connectivity index (χ0) is 22.3. The standard InChI is InChI=1S/C23H24ClN5O2S/c1-16(2)12-13-29-20(14-30-19-6-4-3-5-7-19)25-28-23(29)32-15-21-26-27-22(31-21)17-8-10-18(24)11-9-17/h3-11,16H,12-15H2,1-2H3. The summed E-state index contributed by atoms with van der Waals surface area (Å²) in [7, 11) is 0. The average Bonchev–Trinajstić information content (AvgIpc) is 3.43. The monoisotopic (exact) mass is 469 g/mol. The third kappa shape index (κ3) is 5.89. The van der Waals surface area contributed by atoms with Crippen molar-refractivity contribution in [3.8, 4) is 17.2 Å². The number of nitrogens with zero attached hydrogens (tertiary/aromatic N) is 5. The van der Waals surface area contributed by atoms with E-state index in [1.807, 2.05) is 42.5 Å². The van der Waals surface area contributed by atoms with Gasteiger partial charge in [-0.15, -0.1) is 20.4 Å². The maximum absolute atomic E-state index is 5.95. The van der Waals surface area contributed by atoms with Crippen LogP contribution in [-0.4, -0.2) is 25.0 Å². The lowest BCUT2D eigenvalue weighted by Gasteiger charge is -2.12. The molecule has 0 fully saturated rings. The van der Waals surface area contributed by atoms with Crippen LogP contribution in [0.25, 0.3) is 11.5 Å². The predicted octanol–water partition coefficient (Wildman–Crippen LogP) is 5.90. The molecule has 2 heterocycles. The quantitative estimate of drug-likeness (QED) is 0.267. The Morgan fingerprint density at radius 1 is 1.00 bits per heavy atom. The van der Waals surface area contributed by atoms with Gasteiger partial charge in [0.2, 0.25) is 11.8 Å². The molecule has 2 aromatic carbocycles. The largest absolute Gasteiger partial charge is 0.486 e. The van der Waals surface area contributed by atoms with Crippen LogP contribution in [0.15, 0.2) is 64.2 Å². The van der Waals surface area contributed by atoms with Crippen molar-refractivity contribution in [2.75, 3.05) is 0 Å². The van der Waals surface area contributed by atoms with Crippen LogP contribution in [0.4, 0.5) is 0 Å². The van der Waals surface area contributed by atoms with E-state index >= 15 is 0 Å². The Balaban J connectivity index is 1.44. The molecule has 0 aliphatic rings. The second-order valence-corrected chi connectivity index (χ2v) is 9.01. The summed E-state index contributed by atoms with van der Waals surface area (Å²) < 4.78 is 13.8. The Bertz CT molecular complexity index is 1130. The van der Waals surface area contributed by atoms with Gasteiger partial charge < -0.3 is 13.7 Å². The van der Waals surface area contributed by atoms with Gasteiger partial charge in [0.15, 0.2) is 11.0 Å². The van der Waals surface area contributed by atoms with Gasteiger partial charge in [0, 0.05) is 17.1 Å². The smallest absolute Gasteiger partial charge is 0.247 e. The van der Waals surface area contributed by atoms with E-state index in [2.05, 4.69) is 38.8 Å². The van der Waals surface area contributed by atoms with Crippen molar-refractivity contribution in [2.24, 2.45) is 5.92 Å². The van der Waals surface area contributed by atoms with Crippen LogP contribution in [0.3, 0.4) is 0 Å². The summed E-state index contributed by atoms with van der Waals surface area (Å²) in [6, 6.07) is 17.0. The molecule has 4 rings (SSSR count). The first-order chi connectivity index (χ1) is 15.6. The number of rotatable bonds is 10. The van der Waals surface area contributed by atoms with Gasteiger partial charge in [-0.1, -0.05) is 55.4 Å². The van der Waals surface area contributed by atoms with Gasteiger partial charge >= 0.3 is 0 Å². The van der Waals surface area contributed by atoms with E-state index in [-0.39, 0.29) is 0 Å². The fraction of sp³-hybridized carbons (Fsp3) is 0.304. The van der Waals surface area contributed by atoms with Gasteiger partial charge in [-0.2, -0.15) is 0 Å². The Kier molecular flexibility index (Phi) is 7.44. The molecule has 32 heavy (non-hydrogen) atoms. The summed E-state index contributed by atoms with van der Waals surface area (Å²) >= 11 is 7.47. The molecule has 9 heteroatoms. The molecule has 0 unspecified atom stereocenters. The van der Waals surface area contributed by atoms with Gasteiger partial charge in [-0.3, -0.25) is 0 Å². The minimum Gasteiger partial charge on any atom is -0.486 e. The van der Waals surface area contributed by atoms with E-state index in [1.165, 1.54) is 11.8 Å². The number of hydrogen-bond acceptors (Lipinski definition) is 7. The second-order valence-electron chi connectivity index (χ2n) is 7.63. The van der Waals surface area contributed by atoms with Gasteiger partial charge in [-0.05, 0) is 48.7 Å². The molecule has 166 valence electrons. The molecular weight excluding hydrogens is 446 g/mol. The van der Waals surface area contributed by atoms with E-state index in [9.17, 15) is 0 Å². The van der Waals surface area contributed by atoms with E-state index in [1.54, 1.807) is 12.1 Å². The minimum atomic E-state index is 0.358. The van der Waals surface area contributed by atoms with Crippen LogP contribution in [-0.2, 0) is 18.9 Å². The molecular formula is C23H24ClN5O2S. The number of ether oxygens (including phenoxy) is 1. The van der Waals surface area contributed by atoms with Gasteiger partial charge in [0.05, 0.1) is 5.75 Å². The molecule has 0 N–H and O–H groups in total. The highest BCUT2D eigenvalue weighted by Gasteiger charge is 2.16. The number of aromatic nitrogens is 5. The van der Waals surface area contributed by atoms with Crippen molar-refractivity contribution in [3.05, 3.63) is 71.3 Å². The normalized spacial score (nSPS) is 11.2. The maximum Gasteiger partial charge on any atom is 0.247 e. The van der Waals surface area contributed by atoms with E-state index in [0.29, 0.717) is 35.1 Å². The zero-order valence-corrected chi connectivity index (χ0v) is 19.5. The van der Waals surface area contributed by atoms with Crippen LogP contribution in [0.2, 0.25) is 5.02 Å². The van der Waals surface area contributed by atoms with Crippen molar-refractivity contribution in [1.29, 1.82) is 0 Å². The third-order valence-corrected chi connectivity index (χ3v) is 5.92. The Hall–Kier alpha value is -2.84. The topological polar surface area (TPSA) is 78.9 Å². The lowest BCUT2D eigenvalue weighted by atomic mass is 10.1. The lowest BCUT2D eigenvalue weighted by Crippen LogP contribution is -2.10. The number of benzene rings is 2. The number of halogens is 1. The van der Waals surface area contributed by atoms with Crippen molar-refractivity contribution >= 4 is 23.4 Å². The lowest BCUT2D eigenvalue weighted by molar-refractivity contribution is 0.285. The van der Waals surface area contributed by atoms with Gasteiger partial charge in [0.25, 0.3) is 0 Å². The first kappa shape index (κ1) is 22.4. The van der Waals surface area contributed by atoms with Gasteiger partial charge in [0.1, 0.15) is 12.4 Å². The van der Waals surface area contributed by atoms with E-state index < -0.39 is 0 Å². The fourth-order valence-electron chi connectivity index (χ4n) is 2.96. The summed E-state index contributed by atoms with van der Waals surface area (Å²) in [5, 5.41) is 18.5. The number of para-hydroxylation sites is 1. The average molecular weight is 470 g/mol. The molecule has 2 aromatic heterocycles. The van der Waals surface area contributed by atoms with Crippen LogP contribution in [0.1, 0.15) is 32.0 Å². The van der Waals surface area contributed by atoms with Crippen molar-refractivity contribution in [2.45, 2.75) is 44.3 Å². The first-order valence-corrected chi connectivity index (χ1v) is 11.8. The minimum absolute atomic E-state index is 0.358.